The van der Waals surface area contributed by atoms with Crippen molar-refractivity contribution >= 4 is 23.3 Å². The molecule has 1 aliphatic heterocycles. The summed E-state index contributed by atoms with van der Waals surface area (Å²) in [6, 6.07) is 11.7. The minimum Gasteiger partial charge on any atom is -0.354 e. The average molecular weight is 410 g/mol. The van der Waals surface area contributed by atoms with E-state index in [-0.39, 0.29) is 5.91 Å². The molecule has 2 aromatic heterocycles. The first-order valence-electron chi connectivity index (χ1n) is 9.87. The third-order valence-corrected chi connectivity index (χ3v) is 5.43. The van der Waals surface area contributed by atoms with Crippen molar-refractivity contribution in [3.63, 3.8) is 0 Å². The van der Waals surface area contributed by atoms with E-state index < -0.39 is 0 Å². The van der Waals surface area contributed by atoms with Crippen LogP contribution in [0.3, 0.4) is 0 Å². The number of piperidine rings is 1. The highest BCUT2D eigenvalue weighted by Gasteiger charge is 2.20. The molecular weight excluding hydrogens is 386 g/mol. The molecule has 0 N–H and O–H groups in total. The summed E-state index contributed by atoms with van der Waals surface area (Å²) in [6.45, 7) is 2.23. The van der Waals surface area contributed by atoms with Crippen LogP contribution in [-0.4, -0.2) is 45.7 Å². The molecule has 3 heterocycles. The first-order chi connectivity index (χ1) is 14.1. The zero-order valence-electron chi connectivity index (χ0n) is 16.5. The lowest BCUT2D eigenvalue weighted by Gasteiger charge is -2.27. The number of rotatable bonds is 5. The van der Waals surface area contributed by atoms with Crippen molar-refractivity contribution in [2.24, 2.45) is 0 Å². The molecule has 1 fully saturated rings. The van der Waals surface area contributed by atoms with Gasteiger partial charge in [0.15, 0.2) is 0 Å². The van der Waals surface area contributed by atoms with Gasteiger partial charge in [-0.2, -0.15) is 5.10 Å². The summed E-state index contributed by atoms with van der Waals surface area (Å²) >= 11 is 6.48. The molecule has 1 aliphatic rings. The van der Waals surface area contributed by atoms with Crippen LogP contribution in [0.25, 0.3) is 5.69 Å². The number of aromatic nitrogens is 3. The number of carbonyl (C=O) groups is 1. The van der Waals surface area contributed by atoms with Gasteiger partial charge in [0.25, 0.3) is 5.91 Å². The molecule has 4 rings (SSSR count). The highest BCUT2D eigenvalue weighted by molar-refractivity contribution is 6.33. The van der Waals surface area contributed by atoms with Crippen molar-refractivity contribution in [2.45, 2.75) is 25.8 Å². The van der Waals surface area contributed by atoms with E-state index in [9.17, 15) is 4.79 Å². The van der Waals surface area contributed by atoms with Gasteiger partial charge in [0.2, 0.25) is 0 Å². The summed E-state index contributed by atoms with van der Waals surface area (Å²) in [4.78, 5) is 21.0. The number of benzene rings is 1. The molecule has 0 bridgehead atoms. The third-order valence-electron chi connectivity index (χ3n) is 5.15. The van der Waals surface area contributed by atoms with E-state index in [0.717, 1.165) is 37.2 Å². The second-order valence-electron chi connectivity index (χ2n) is 7.37. The molecule has 0 saturated carbocycles. The van der Waals surface area contributed by atoms with Crippen LogP contribution in [0.15, 0.2) is 55.0 Å². The van der Waals surface area contributed by atoms with Crippen molar-refractivity contribution in [1.29, 1.82) is 0 Å². The van der Waals surface area contributed by atoms with Crippen molar-refractivity contribution in [3.05, 3.63) is 71.1 Å². The molecule has 0 aliphatic carbocycles. The Bertz CT molecular complexity index is 982. The maximum Gasteiger partial charge on any atom is 0.255 e. The Labute approximate surface area is 175 Å². The van der Waals surface area contributed by atoms with Crippen molar-refractivity contribution in [3.8, 4) is 5.69 Å². The molecule has 0 radical (unpaired) electrons. The molecule has 1 saturated heterocycles. The van der Waals surface area contributed by atoms with E-state index in [0.29, 0.717) is 22.9 Å². The van der Waals surface area contributed by atoms with Crippen LogP contribution in [0.5, 0.6) is 0 Å². The topological polar surface area (TPSA) is 54.3 Å². The van der Waals surface area contributed by atoms with Gasteiger partial charge in [-0.15, -0.1) is 0 Å². The highest BCUT2D eigenvalue weighted by atomic mass is 35.5. The fraction of sp³-hybridized carbons (Fsp3) is 0.318. The van der Waals surface area contributed by atoms with Gasteiger partial charge in [-0.1, -0.05) is 29.8 Å². The van der Waals surface area contributed by atoms with Crippen LogP contribution in [0, 0.1) is 0 Å². The van der Waals surface area contributed by atoms with E-state index in [2.05, 4.69) is 10.1 Å². The van der Waals surface area contributed by atoms with Crippen LogP contribution < -0.4 is 4.90 Å². The maximum absolute atomic E-state index is 12.7. The third kappa shape index (κ3) is 4.43. The molecule has 0 atom stereocenters. The van der Waals surface area contributed by atoms with E-state index >= 15 is 0 Å². The van der Waals surface area contributed by atoms with Gasteiger partial charge < -0.3 is 9.80 Å². The van der Waals surface area contributed by atoms with E-state index in [1.165, 1.54) is 6.42 Å². The Kier molecular flexibility index (Phi) is 5.81. The first kappa shape index (κ1) is 19.5. The van der Waals surface area contributed by atoms with Gasteiger partial charge in [-0.05, 0) is 37.5 Å². The summed E-state index contributed by atoms with van der Waals surface area (Å²) in [5.74, 6) is 0.659. The number of halogens is 1. The molecule has 1 aromatic carbocycles. The Balaban J connectivity index is 1.45. The Morgan fingerprint density at radius 2 is 1.90 bits per heavy atom. The van der Waals surface area contributed by atoms with Gasteiger partial charge in [0, 0.05) is 44.6 Å². The average Bonchev–Trinajstić information content (AvgIpc) is 3.22. The molecule has 1 amide bonds. The molecule has 6 nitrogen and oxygen atoms in total. The first-order valence-corrected chi connectivity index (χ1v) is 10.2. The predicted molar refractivity (Wildman–Crippen MR) is 115 cm³/mol. The Morgan fingerprint density at radius 1 is 1.14 bits per heavy atom. The van der Waals surface area contributed by atoms with Crippen LogP contribution in [-0.2, 0) is 6.54 Å². The number of likely N-dealkylation sites (tertiary alicyclic amines) is 1. The van der Waals surface area contributed by atoms with Gasteiger partial charge in [-0.3, -0.25) is 4.79 Å². The lowest BCUT2D eigenvalue weighted by Crippen LogP contribution is -2.35. The SMILES string of the molecule is CN(Cc1cnn(-c2ccccc2)c1)c1ncc(C(=O)N2CCCCC2)cc1Cl. The van der Waals surface area contributed by atoms with E-state index in [1.54, 1.807) is 12.3 Å². The second-order valence-corrected chi connectivity index (χ2v) is 7.77. The zero-order chi connectivity index (χ0) is 20.2. The molecule has 3 aromatic rings. The van der Waals surface area contributed by atoms with E-state index in [1.807, 2.05) is 64.3 Å². The summed E-state index contributed by atoms with van der Waals surface area (Å²) in [5, 5.41) is 4.91. The molecule has 0 spiro atoms. The number of anilines is 1. The maximum atomic E-state index is 12.7. The fourth-order valence-electron chi connectivity index (χ4n) is 3.62. The van der Waals surface area contributed by atoms with E-state index in [4.69, 9.17) is 11.6 Å². The molecule has 7 heteroatoms. The van der Waals surface area contributed by atoms with Crippen molar-refractivity contribution < 1.29 is 4.79 Å². The molecule has 0 unspecified atom stereocenters. The summed E-state index contributed by atoms with van der Waals surface area (Å²) in [6.07, 6.45) is 8.77. The summed E-state index contributed by atoms with van der Waals surface area (Å²) in [5.41, 5.74) is 2.60. The largest absolute Gasteiger partial charge is 0.354 e. The lowest BCUT2D eigenvalue weighted by molar-refractivity contribution is 0.0724. The normalized spacial score (nSPS) is 14.1. The lowest BCUT2D eigenvalue weighted by atomic mass is 10.1. The monoisotopic (exact) mass is 409 g/mol. The van der Waals surface area contributed by atoms with Gasteiger partial charge in [-0.25, -0.2) is 9.67 Å². The quantitative estimate of drug-likeness (QED) is 0.634. The molecule has 150 valence electrons. The minimum atomic E-state index is 0.0115. The number of hydrogen-bond acceptors (Lipinski definition) is 4. The number of carbonyl (C=O) groups excluding carboxylic acids is 1. The summed E-state index contributed by atoms with van der Waals surface area (Å²) < 4.78 is 1.85. The zero-order valence-corrected chi connectivity index (χ0v) is 17.2. The number of hydrogen-bond donors (Lipinski definition) is 0. The minimum absolute atomic E-state index is 0.0115. The van der Waals surface area contributed by atoms with Crippen LogP contribution in [0.4, 0.5) is 5.82 Å². The number of para-hydroxylation sites is 1. The van der Waals surface area contributed by atoms with Crippen LogP contribution >= 0.6 is 11.6 Å². The Hall–Kier alpha value is -2.86. The van der Waals surface area contributed by atoms with Gasteiger partial charge >= 0.3 is 0 Å². The standard InChI is InChI=1S/C22H24ClN5O/c1-26(15-17-13-25-28(16-17)19-8-4-2-5-9-19)21-20(23)12-18(14-24-21)22(29)27-10-6-3-7-11-27/h2,4-5,8-9,12-14,16H,3,6-7,10-11,15H2,1H3. The summed E-state index contributed by atoms with van der Waals surface area (Å²) in [7, 11) is 1.93. The van der Waals surface area contributed by atoms with Crippen LogP contribution in [0.2, 0.25) is 5.02 Å². The fourth-order valence-corrected chi connectivity index (χ4v) is 3.93. The number of amides is 1. The predicted octanol–water partition coefficient (Wildman–Crippen LogP) is 4.18. The molecule has 29 heavy (non-hydrogen) atoms. The Morgan fingerprint density at radius 3 is 2.62 bits per heavy atom. The molecular formula is C22H24ClN5O. The van der Waals surface area contributed by atoms with Crippen molar-refractivity contribution in [1.82, 2.24) is 19.7 Å². The number of pyridine rings is 1. The van der Waals surface area contributed by atoms with Crippen LogP contribution in [0.1, 0.15) is 35.2 Å². The second kappa shape index (κ2) is 8.66. The van der Waals surface area contributed by atoms with Gasteiger partial charge in [0.05, 0.1) is 22.5 Å². The smallest absolute Gasteiger partial charge is 0.255 e. The van der Waals surface area contributed by atoms with Crippen molar-refractivity contribution in [2.75, 3.05) is 25.0 Å². The van der Waals surface area contributed by atoms with Gasteiger partial charge in [0.1, 0.15) is 5.82 Å². The number of nitrogens with zero attached hydrogens (tertiary/aromatic N) is 5. The highest BCUT2D eigenvalue weighted by Crippen LogP contribution is 2.25.